The summed E-state index contributed by atoms with van der Waals surface area (Å²) in [5, 5.41) is 15.9. The first kappa shape index (κ1) is 18.5. The van der Waals surface area contributed by atoms with Crippen LogP contribution in [0.3, 0.4) is 0 Å². The Labute approximate surface area is 165 Å². The second-order valence-electron chi connectivity index (χ2n) is 7.96. The van der Waals surface area contributed by atoms with Crippen LogP contribution in [0.15, 0.2) is 48.5 Å². The molecule has 3 unspecified atom stereocenters. The zero-order valence-electron chi connectivity index (χ0n) is 15.9. The van der Waals surface area contributed by atoms with Gasteiger partial charge in [0.05, 0.1) is 0 Å². The van der Waals surface area contributed by atoms with E-state index < -0.39 is 5.54 Å². The summed E-state index contributed by atoms with van der Waals surface area (Å²) >= 11 is 0. The van der Waals surface area contributed by atoms with Gasteiger partial charge in [0.15, 0.2) is 0 Å². The summed E-state index contributed by atoms with van der Waals surface area (Å²) in [6, 6.07) is 15.5. The number of aromatic hydroxyl groups is 1. The van der Waals surface area contributed by atoms with Gasteiger partial charge in [0.25, 0.3) is 0 Å². The molecule has 5 heteroatoms. The van der Waals surface area contributed by atoms with Crippen LogP contribution in [-0.2, 0) is 28.9 Å². The maximum absolute atomic E-state index is 13.3. The lowest BCUT2D eigenvalue weighted by Crippen LogP contribution is -2.63. The number of carbonyl (C=O) groups excluding carboxylic acids is 2. The Balaban J connectivity index is 1.55. The van der Waals surface area contributed by atoms with Gasteiger partial charge >= 0.3 is 0 Å². The molecule has 146 valence electrons. The highest BCUT2D eigenvalue weighted by Gasteiger charge is 2.56. The molecule has 0 heterocycles. The minimum absolute atomic E-state index is 0.0301. The van der Waals surface area contributed by atoms with E-state index in [9.17, 15) is 14.7 Å². The third-order valence-electron chi connectivity index (χ3n) is 6.49. The van der Waals surface area contributed by atoms with Crippen molar-refractivity contribution < 1.29 is 14.7 Å². The minimum Gasteiger partial charge on any atom is -0.508 e. The van der Waals surface area contributed by atoms with E-state index in [0.29, 0.717) is 19.4 Å². The molecule has 2 aliphatic carbocycles. The zero-order valence-corrected chi connectivity index (χ0v) is 15.9. The summed E-state index contributed by atoms with van der Waals surface area (Å²) in [6.45, 7) is 0.540. The highest BCUT2D eigenvalue weighted by atomic mass is 16.3. The van der Waals surface area contributed by atoms with E-state index in [-0.39, 0.29) is 23.5 Å². The Kier molecular flexibility index (Phi) is 5.07. The fourth-order valence-corrected chi connectivity index (χ4v) is 5.13. The molecule has 0 spiro atoms. The Hall–Kier alpha value is -2.82. The molecule has 0 saturated heterocycles. The molecule has 2 bridgehead atoms. The highest BCUT2D eigenvalue weighted by molar-refractivity contribution is 5.90. The van der Waals surface area contributed by atoms with Gasteiger partial charge in [0.1, 0.15) is 11.3 Å². The van der Waals surface area contributed by atoms with Gasteiger partial charge in [0.2, 0.25) is 12.3 Å². The number of benzene rings is 2. The molecule has 3 atom stereocenters. The summed E-state index contributed by atoms with van der Waals surface area (Å²) in [5.41, 5.74) is 2.54. The predicted molar refractivity (Wildman–Crippen MR) is 107 cm³/mol. The fourth-order valence-electron chi connectivity index (χ4n) is 5.13. The van der Waals surface area contributed by atoms with E-state index in [2.05, 4.69) is 10.6 Å². The van der Waals surface area contributed by atoms with Crippen LogP contribution in [0.4, 0.5) is 0 Å². The van der Waals surface area contributed by atoms with Crippen LogP contribution in [0.5, 0.6) is 5.75 Å². The number of amides is 2. The van der Waals surface area contributed by atoms with Crippen LogP contribution in [0.2, 0.25) is 0 Å². The van der Waals surface area contributed by atoms with Crippen molar-refractivity contribution in [3.63, 3.8) is 0 Å². The number of phenolic OH excluding ortho intramolecular Hbond substituents is 1. The van der Waals surface area contributed by atoms with Crippen molar-refractivity contribution >= 4 is 12.3 Å². The first-order valence-electron chi connectivity index (χ1n) is 9.98. The minimum atomic E-state index is -0.882. The van der Waals surface area contributed by atoms with Gasteiger partial charge in [-0.15, -0.1) is 0 Å². The normalized spacial score (nSPS) is 25.4. The Morgan fingerprint density at radius 3 is 2.50 bits per heavy atom. The number of hydrogen-bond acceptors (Lipinski definition) is 3. The first-order chi connectivity index (χ1) is 13.6. The maximum atomic E-state index is 13.3. The number of fused-ring (bicyclic) bond motifs is 3. The Morgan fingerprint density at radius 1 is 1.07 bits per heavy atom. The molecule has 1 fully saturated rings. The van der Waals surface area contributed by atoms with Crippen molar-refractivity contribution in [1.82, 2.24) is 10.6 Å². The molecule has 1 saturated carbocycles. The average molecular weight is 378 g/mol. The van der Waals surface area contributed by atoms with E-state index in [1.165, 1.54) is 11.1 Å². The monoisotopic (exact) mass is 378 g/mol. The van der Waals surface area contributed by atoms with Gasteiger partial charge in [-0.2, -0.15) is 0 Å². The Bertz CT molecular complexity index is 867. The molecule has 0 aliphatic heterocycles. The number of rotatable bonds is 6. The first-order valence-corrected chi connectivity index (χ1v) is 9.98. The molecule has 0 radical (unpaired) electrons. The molecule has 5 nitrogen and oxygen atoms in total. The topological polar surface area (TPSA) is 78.4 Å². The molecule has 2 amide bonds. The van der Waals surface area contributed by atoms with Crippen molar-refractivity contribution in [2.75, 3.05) is 6.54 Å². The zero-order chi connectivity index (χ0) is 19.6. The maximum Gasteiger partial charge on any atom is 0.246 e. The molecule has 4 rings (SSSR count). The van der Waals surface area contributed by atoms with Gasteiger partial charge in [-0.05, 0) is 72.8 Å². The number of phenols is 1. The molecule has 2 aromatic carbocycles. The summed E-state index contributed by atoms with van der Waals surface area (Å²) in [4.78, 5) is 24.9. The van der Waals surface area contributed by atoms with Gasteiger partial charge in [-0.3, -0.25) is 9.59 Å². The summed E-state index contributed by atoms with van der Waals surface area (Å²) in [7, 11) is 0. The summed E-state index contributed by atoms with van der Waals surface area (Å²) in [5.74, 6) is 0.255. The number of carbonyl (C=O) groups is 2. The molecular formula is C23H26N2O3. The van der Waals surface area contributed by atoms with Crippen LogP contribution in [0, 0.1) is 11.8 Å². The van der Waals surface area contributed by atoms with Crippen LogP contribution >= 0.6 is 0 Å². The van der Waals surface area contributed by atoms with E-state index in [1.807, 2.05) is 36.4 Å². The van der Waals surface area contributed by atoms with Gasteiger partial charge in [-0.1, -0.05) is 36.4 Å². The third-order valence-corrected chi connectivity index (χ3v) is 6.49. The number of hydrogen-bond donors (Lipinski definition) is 3. The second kappa shape index (κ2) is 7.66. The lowest BCUT2D eigenvalue weighted by atomic mass is 9.78. The second-order valence-corrected chi connectivity index (χ2v) is 7.96. The van der Waals surface area contributed by atoms with Gasteiger partial charge < -0.3 is 15.7 Å². The van der Waals surface area contributed by atoms with Crippen molar-refractivity contribution in [2.24, 2.45) is 11.8 Å². The number of nitrogens with one attached hydrogen (secondary N) is 2. The molecule has 28 heavy (non-hydrogen) atoms. The van der Waals surface area contributed by atoms with E-state index in [0.717, 1.165) is 31.2 Å². The van der Waals surface area contributed by atoms with Gasteiger partial charge in [0, 0.05) is 6.54 Å². The molecule has 0 aromatic heterocycles. The quantitative estimate of drug-likeness (QED) is 0.675. The van der Waals surface area contributed by atoms with Crippen molar-refractivity contribution in [1.29, 1.82) is 0 Å². The van der Waals surface area contributed by atoms with Crippen LogP contribution in [-0.4, -0.2) is 29.5 Å². The average Bonchev–Trinajstić information content (AvgIpc) is 2.95. The Morgan fingerprint density at radius 2 is 1.79 bits per heavy atom. The fraction of sp³-hybridized carbons (Fsp3) is 0.391. The third kappa shape index (κ3) is 3.26. The van der Waals surface area contributed by atoms with Crippen molar-refractivity contribution in [3.8, 4) is 5.75 Å². The van der Waals surface area contributed by atoms with E-state index >= 15 is 0 Å². The van der Waals surface area contributed by atoms with Crippen LogP contribution < -0.4 is 10.6 Å². The molecular weight excluding hydrogens is 352 g/mol. The summed E-state index contributed by atoms with van der Waals surface area (Å²) in [6.07, 6.45) is 4.67. The summed E-state index contributed by atoms with van der Waals surface area (Å²) < 4.78 is 0. The highest BCUT2D eigenvalue weighted by Crippen LogP contribution is 2.47. The van der Waals surface area contributed by atoms with E-state index in [4.69, 9.17) is 0 Å². The predicted octanol–water partition coefficient (Wildman–Crippen LogP) is 2.36. The smallest absolute Gasteiger partial charge is 0.246 e. The molecule has 3 N–H and O–H groups in total. The molecule has 2 aliphatic rings. The van der Waals surface area contributed by atoms with E-state index in [1.54, 1.807) is 12.1 Å². The van der Waals surface area contributed by atoms with Crippen LogP contribution in [0.1, 0.15) is 29.5 Å². The lowest BCUT2D eigenvalue weighted by Gasteiger charge is -2.37. The van der Waals surface area contributed by atoms with Crippen molar-refractivity contribution in [2.45, 2.75) is 37.6 Å². The standard InChI is InChI=1S/C23H26N2O3/c26-15-25-23(22(28)24-11-10-16-4-2-1-3-5-16)19-7-8-20(23)13-18-14-21(27)9-6-17(18)12-19/h1-6,9,14-15,19-20,27H,7-8,10-13H2,(H,24,28)(H,25,26). The van der Waals surface area contributed by atoms with Crippen molar-refractivity contribution in [3.05, 3.63) is 65.2 Å². The SMILES string of the molecule is O=CNC1(C(=O)NCCc2ccccc2)C2CCC1Cc1cc(O)ccc1C2. The van der Waals surface area contributed by atoms with Crippen LogP contribution in [0.25, 0.3) is 0 Å². The molecule has 2 aromatic rings. The van der Waals surface area contributed by atoms with Gasteiger partial charge in [-0.25, -0.2) is 0 Å². The lowest BCUT2D eigenvalue weighted by molar-refractivity contribution is -0.133. The largest absolute Gasteiger partial charge is 0.508 e.